The van der Waals surface area contributed by atoms with Crippen molar-refractivity contribution in [3.63, 3.8) is 0 Å². The minimum atomic E-state index is -2.34. The third kappa shape index (κ3) is 4.72. The molecular formula is C6H11O6P2. The zero-order chi connectivity index (χ0) is 11.0. The van der Waals surface area contributed by atoms with Gasteiger partial charge in [-0.05, 0) is 13.8 Å². The van der Waals surface area contributed by atoms with Gasteiger partial charge in [0.15, 0.2) is 0 Å². The fourth-order valence-electron chi connectivity index (χ4n) is 0.588. The molecule has 2 unspecified atom stereocenters. The third-order valence-corrected chi connectivity index (χ3v) is 4.12. The summed E-state index contributed by atoms with van der Waals surface area (Å²) in [4.78, 5) is 9.92. The van der Waals surface area contributed by atoms with Crippen molar-refractivity contribution in [1.29, 1.82) is 0 Å². The Labute approximate surface area is 83.6 Å². The van der Waals surface area contributed by atoms with Crippen molar-refractivity contribution in [2.45, 2.75) is 19.4 Å². The largest absolute Gasteiger partial charge is 0.425 e. The SMILES string of the molecule is CCO[P](=O)C(O[C]=O)[P](=O)OCC. The summed E-state index contributed by atoms with van der Waals surface area (Å²) >= 11 is 0. The van der Waals surface area contributed by atoms with Crippen molar-refractivity contribution >= 4 is 22.5 Å². The minimum Gasteiger partial charge on any atom is -0.425 e. The van der Waals surface area contributed by atoms with E-state index < -0.39 is 21.6 Å². The van der Waals surface area contributed by atoms with Crippen LogP contribution in [-0.2, 0) is 27.7 Å². The van der Waals surface area contributed by atoms with Crippen molar-refractivity contribution < 1.29 is 27.7 Å². The van der Waals surface area contributed by atoms with E-state index in [1.807, 2.05) is 0 Å². The van der Waals surface area contributed by atoms with Gasteiger partial charge in [-0.3, -0.25) is 9.13 Å². The Hall–Kier alpha value is -0.410. The first kappa shape index (κ1) is 13.6. The van der Waals surface area contributed by atoms with Crippen LogP contribution in [0.3, 0.4) is 0 Å². The standard InChI is InChI=1S/C6H11O6P2/c1-3-11-13(8)6(10-5-7)14(9)12-4-2/h6H,3-4H2,1-2H3. The summed E-state index contributed by atoms with van der Waals surface area (Å²) in [5, 5.41) is 0. The van der Waals surface area contributed by atoms with Gasteiger partial charge >= 0.3 is 6.47 Å². The van der Waals surface area contributed by atoms with Crippen molar-refractivity contribution in [3.8, 4) is 0 Å². The molecule has 0 aromatic rings. The zero-order valence-corrected chi connectivity index (χ0v) is 9.62. The van der Waals surface area contributed by atoms with Gasteiger partial charge in [-0.2, -0.15) is 0 Å². The summed E-state index contributed by atoms with van der Waals surface area (Å²) in [5.74, 6) is 0. The highest BCUT2D eigenvalue weighted by Crippen LogP contribution is 2.46. The molecule has 8 heteroatoms. The first-order chi connectivity index (χ1) is 6.67. The van der Waals surface area contributed by atoms with Gasteiger partial charge in [-0.1, -0.05) is 0 Å². The van der Waals surface area contributed by atoms with Crippen molar-refractivity contribution in [3.05, 3.63) is 0 Å². The lowest BCUT2D eigenvalue weighted by Gasteiger charge is -2.10. The van der Waals surface area contributed by atoms with Gasteiger partial charge in [0.1, 0.15) is 0 Å². The topological polar surface area (TPSA) is 78.9 Å². The van der Waals surface area contributed by atoms with Crippen LogP contribution in [0.2, 0.25) is 0 Å². The van der Waals surface area contributed by atoms with Crippen LogP contribution >= 0.6 is 16.1 Å². The quantitative estimate of drug-likeness (QED) is 0.604. The lowest BCUT2D eigenvalue weighted by molar-refractivity contribution is 0.243. The van der Waals surface area contributed by atoms with Crippen LogP contribution in [0.5, 0.6) is 0 Å². The van der Waals surface area contributed by atoms with Gasteiger partial charge in [-0.15, -0.1) is 0 Å². The molecule has 0 saturated heterocycles. The molecule has 3 radical (unpaired) electrons. The third-order valence-electron chi connectivity index (χ3n) is 1.03. The van der Waals surface area contributed by atoms with Crippen LogP contribution in [0.25, 0.3) is 0 Å². The van der Waals surface area contributed by atoms with Gasteiger partial charge in [0, 0.05) is 0 Å². The molecular weight excluding hydrogens is 230 g/mol. The first-order valence-electron chi connectivity index (χ1n) is 3.88. The minimum absolute atomic E-state index is 0.170. The molecule has 6 nitrogen and oxygen atoms in total. The van der Waals surface area contributed by atoms with E-state index in [-0.39, 0.29) is 13.2 Å². The second-order valence-corrected chi connectivity index (χ2v) is 4.94. The van der Waals surface area contributed by atoms with E-state index in [2.05, 4.69) is 13.8 Å². The molecule has 0 aromatic heterocycles. The van der Waals surface area contributed by atoms with Gasteiger partial charge in [-0.25, -0.2) is 4.79 Å². The van der Waals surface area contributed by atoms with Crippen LogP contribution in [0.4, 0.5) is 0 Å². The summed E-state index contributed by atoms with van der Waals surface area (Å²) in [6.45, 7) is 4.64. The molecule has 0 N–H and O–H groups in total. The molecule has 0 aliphatic carbocycles. The number of rotatable bonds is 8. The Kier molecular flexibility index (Phi) is 7.71. The fourth-order valence-corrected chi connectivity index (χ4v) is 2.63. The van der Waals surface area contributed by atoms with Crippen LogP contribution < -0.4 is 0 Å². The highest BCUT2D eigenvalue weighted by atomic mass is 31.2. The van der Waals surface area contributed by atoms with Crippen LogP contribution in [0, 0.1) is 0 Å². The number of ether oxygens (including phenoxy) is 1. The highest BCUT2D eigenvalue weighted by Gasteiger charge is 2.29. The summed E-state index contributed by atoms with van der Waals surface area (Å²) in [6.07, 6.45) is 0. The van der Waals surface area contributed by atoms with Gasteiger partial charge in [0.05, 0.1) is 13.2 Å². The van der Waals surface area contributed by atoms with E-state index in [9.17, 15) is 13.9 Å². The van der Waals surface area contributed by atoms with Crippen molar-refractivity contribution in [2.75, 3.05) is 13.2 Å². The van der Waals surface area contributed by atoms with Crippen LogP contribution in [0.15, 0.2) is 0 Å². The molecule has 0 aromatic carbocycles. The van der Waals surface area contributed by atoms with E-state index in [1.165, 1.54) is 0 Å². The van der Waals surface area contributed by atoms with E-state index >= 15 is 0 Å². The van der Waals surface area contributed by atoms with Gasteiger partial charge in [0.2, 0.25) is 0 Å². The number of hydrogen-bond donors (Lipinski definition) is 0. The molecule has 0 heterocycles. The Balaban J connectivity index is 4.33. The average molecular weight is 241 g/mol. The lowest BCUT2D eigenvalue weighted by Crippen LogP contribution is -2.04. The second-order valence-electron chi connectivity index (χ2n) is 1.93. The zero-order valence-electron chi connectivity index (χ0n) is 7.84. The molecule has 2 atom stereocenters. The molecule has 14 heavy (non-hydrogen) atoms. The summed E-state index contributed by atoms with van der Waals surface area (Å²) in [5.41, 5.74) is -1.38. The van der Waals surface area contributed by atoms with Crippen molar-refractivity contribution in [2.24, 2.45) is 0 Å². The molecule has 0 rings (SSSR count). The summed E-state index contributed by atoms with van der Waals surface area (Å²) in [6, 6.07) is 0. The molecule has 0 bridgehead atoms. The number of carbonyl (C=O) groups excluding carboxylic acids is 1. The normalized spacial score (nSPS) is 14.4. The predicted octanol–water partition coefficient (Wildman–Crippen LogP) is 1.91. The Bertz CT molecular complexity index is 200. The molecule has 0 spiro atoms. The van der Waals surface area contributed by atoms with Crippen LogP contribution in [-0.4, -0.2) is 25.3 Å². The van der Waals surface area contributed by atoms with Crippen LogP contribution in [0.1, 0.15) is 13.8 Å². The maximum atomic E-state index is 11.2. The fraction of sp³-hybridized carbons (Fsp3) is 0.833. The lowest BCUT2D eigenvalue weighted by atomic mass is 10.9. The first-order valence-corrected chi connectivity index (χ1v) is 6.38. The molecule has 0 aliphatic rings. The summed E-state index contributed by atoms with van der Waals surface area (Å²) in [7, 11) is -4.69. The Morgan fingerprint density at radius 2 is 1.57 bits per heavy atom. The van der Waals surface area contributed by atoms with Gasteiger partial charge in [0.25, 0.3) is 21.6 Å². The molecule has 81 valence electrons. The molecule has 0 aliphatic heterocycles. The second kappa shape index (κ2) is 7.94. The maximum absolute atomic E-state index is 11.2. The Morgan fingerprint density at radius 1 is 1.14 bits per heavy atom. The Morgan fingerprint density at radius 3 is 1.86 bits per heavy atom. The molecule has 0 saturated carbocycles. The molecule has 0 amide bonds. The number of hydrogen-bond acceptors (Lipinski definition) is 6. The average Bonchev–Trinajstić information content (AvgIpc) is 2.14. The van der Waals surface area contributed by atoms with Crippen molar-refractivity contribution in [1.82, 2.24) is 0 Å². The highest BCUT2D eigenvalue weighted by molar-refractivity contribution is 7.58. The van der Waals surface area contributed by atoms with E-state index in [4.69, 9.17) is 0 Å². The maximum Gasteiger partial charge on any atom is 0.419 e. The molecule has 0 fully saturated rings. The smallest absolute Gasteiger partial charge is 0.419 e. The van der Waals surface area contributed by atoms with E-state index in [0.29, 0.717) is 0 Å². The monoisotopic (exact) mass is 241 g/mol. The van der Waals surface area contributed by atoms with E-state index in [1.54, 1.807) is 13.8 Å². The predicted molar refractivity (Wildman–Crippen MR) is 49.0 cm³/mol. The van der Waals surface area contributed by atoms with E-state index in [0.717, 1.165) is 6.47 Å². The van der Waals surface area contributed by atoms with Gasteiger partial charge < -0.3 is 13.8 Å². The summed E-state index contributed by atoms with van der Waals surface area (Å²) < 4.78 is 36.0.